The van der Waals surface area contributed by atoms with E-state index in [1.165, 1.54) is 32.1 Å². The van der Waals surface area contributed by atoms with Crippen LogP contribution in [-0.4, -0.2) is 65.1 Å². The molecule has 1 aromatic carbocycles. The highest BCUT2D eigenvalue weighted by Gasteiger charge is 2.20. The molecule has 2 aliphatic rings. The Bertz CT molecular complexity index is 1180. The number of likely N-dealkylation sites (tertiary alicyclic amines) is 1. The van der Waals surface area contributed by atoms with Gasteiger partial charge in [0.05, 0.1) is 16.9 Å². The molecule has 0 spiro atoms. The lowest BCUT2D eigenvalue weighted by Crippen LogP contribution is -2.36. The molecule has 3 aromatic rings. The third kappa shape index (κ3) is 6.73. The number of aromatic nitrogens is 3. The number of carbonyl (C=O) groups is 1. The van der Waals surface area contributed by atoms with Crippen molar-refractivity contribution in [2.75, 3.05) is 38.6 Å². The highest BCUT2D eigenvalue weighted by molar-refractivity contribution is 6.34. The third-order valence-corrected chi connectivity index (χ3v) is 7.92. The number of amides is 1. The molecule has 1 saturated heterocycles. The summed E-state index contributed by atoms with van der Waals surface area (Å²) in [6.45, 7) is 2.87. The van der Waals surface area contributed by atoms with E-state index in [0.29, 0.717) is 28.3 Å². The second kappa shape index (κ2) is 12.1. The van der Waals surface area contributed by atoms with Gasteiger partial charge in [0.15, 0.2) is 12.3 Å². The van der Waals surface area contributed by atoms with Gasteiger partial charge in [0.2, 0.25) is 0 Å². The Balaban J connectivity index is 1.17. The third-order valence-electron chi connectivity index (χ3n) is 7.63. The molecule has 9 heteroatoms. The number of ether oxygens (including phenoxy) is 1. The Labute approximate surface area is 223 Å². The maximum atomic E-state index is 12.2. The fourth-order valence-corrected chi connectivity index (χ4v) is 5.56. The van der Waals surface area contributed by atoms with Gasteiger partial charge in [0.1, 0.15) is 17.1 Å². The van der Waals surface area contributed by atoms with E-state index in [0.717, 1.165) is 61.6 Å². The van der Waals surface area contributed by atoms with Crippen molar-refractivity contribution in [3.63, 3.8) is 0 Å². The summed E-state index contributed by atoms with van der Waals surface area (Å²) in [4.78, 5) is 27.1. The number of rotatable bonds is 9. The van der Waals surface area contributed by atoms with Crippen molar-refractivity contribution < 1.29 is 9.53 Å². The predicted octanol–water partition coefficient (Wildman–Crippen LogP) is 5.25. The van der Waals surface area contributed by atoms with Gasteiger partial charge in [-0.15, -0.1) is 0 Å². The number of hydrogen-bond acceptors (Lipinski definition) is 6. The van der Waals surface area contributed by atoms with Crippen LogP contribution in [0.15, 0.2) is 30.5 Å². The van der Waals surface area contributed by atoms with Crippen molar-refractivity contribution in [1.82, 2.24) is 25.2 Å². The number of nitrogens with zero attached hydrogens (tertiary/aromatic N) is 3. The Morgan fingerprint density at radius 3 is 2.65 bits per heavy atom. The molecule has 3 N–H and O–H groups in total. The molecule has 0 unspecified atom stereocenters. The molecule has 1 aliphatic carbocycles. The number of hydrogen-bond donors (Lipinski definition) is 3. The largest absolute Gasteiger partial charge is 0.484 e. The second-order valence-electron chi connectivity index (χ2n) is 10.4. The first-order valence-electron chi connectivity index (χ1n) is 13.5. The van der Waals surface area contributed by atoms with Gasteiger partial charge in [-0.25, -0.2) is 9.97 Å². The van der Waals surface area contributed by atoms with Gasteiger partial charge in [0.25, 0.3) is 5.91 Å². The van der Waals surface area contributed by atoms with Gasteiger partial charge >= 0.3 is 0 Å². The Morgan fingerprint density at radius 2 is 1.89 bits per heavy atom. The topological polar surface area (TPSA) is 95.2 Å². The van der Waals surface area contributed by atoms with E-state index < -0.39 is 0 Å². The average Bonchev–Trinajstić information content (AvgIpc) is 3.36. The zero-order chi connectivity index (χ0) is 25.6. The van der Waals surface area contributed by atoms with E-state index in [9.17, 15) is 4.79 Å². The SMILES string of the molecule is CN1CCC(Nc2c(Cl)cnc3[nH]c(-c4ccc(OCC(=O)NCCC5CCCCC5)cc4)nc23)CC1. The number of aromatic amines is 1. The van der Waals surface area contributed by atoms with Gasteiger partial charge in [0, 0.05) is 18.2 Å². The van der Waals surface area contributed by atoms with Crippen molar-refractivity contribution in [3.8, 4) is 17.1 Å². The molecule has 2 fully saturated rings. The number of H-pyrrole nitrogens is 1. The summed E-state index contributed by atoms with van der Waals surface area (Å²) in [6.07, 6.45) is 11.5. The lowest BCUT2D eigenvalue weighted by Gasteiger charge is -2.30. The normalized spacial score (nSPS) is 17.7. The molecule has 37 heavy (non-hydrogen) atoms. The van der Waals surface area contributed by atoms with Gasteiger partial charge in [-0.3, -0.25) is 4.79 Å². The molecular formula is C28H37ClN6O2. The summed E-state index contributed by atoms with van der Waals surface area (Å²) in [6, 6.07) is 7.94. The molecule has 1 saturated carbocycles. The summed E-state index contributed by atoms with van der Waals surface area (Å²) in [5.74, 6) is 2.04. The van der Waals surface area contributed by atoms with E-state index in [4.69, 9.17) is 21.3 Å². The van der Waals surface area contributed by atoms with Crippen LogP contribution in [0.5, 0.6) is 5.75 Å². The van der Waals surface area contributed by atoms with Crippen LogP contribution in [0.1, 0.15) is 51.4 Å². The molecule has 2 aromatic heterocycles. The highest BCUT2D eigenvalue weighted by atomic mass is 35.5. The lowest BCUT2D eigenvalue weighted by atomic mass is 9.87. The Kier molecular flexibility index (Phi) is 8.46. The lowest BCUT2D eigenvalue weighted by molar-refractivity contribution is -0.123. The first-order chi connectivity index (χ1) is 18.0. The molecule has 1 aliphatic heterocycles. The fourth-order valence-electron chi connectivity index (χ4n) is 5.36. The Hall–Kier alpha value is -2.84. The van der Waals surface area contributed by atoms with E-state index in [1.807, 2.05) is 24.3 Å². The maximum absolute atomic E-state index is 12.2. The van der Waals surface area contributed by atoms with Crippen LogP contribution in [0.3, 0.4) is 0 Å². The Morgan fingerprint density at radius 1 is 1.14 bits per heavy atom. The van der Waals surface area contributed by atoms with Gasteiger partial charge in [-0.1, -0.05) is 43.7 Å². The van der Waals surface area contributed by atoms with Crippen molar-refractivity contribution in [2.24, 2.45) is 5.92 Å². The predicted molar refractivity (Wildman–Crippen MR) is 148 cm³/mol. The van der Waals surface area contributed by atoms with Crippen LogP contribution in [-0.2, 0) is 4.79 Å². The molecule has 198 valence electrons. The van der Waals surface area contributed by atoms with Crippen molar-refractivity contribution >= 4 is 34.4 Å². The molecule has 5 rings (SSSR count). The quantitative estimate of drug-likeness (QED) is 0.354. The van der Waals surface area contributed by atoms with Crippen molar-refractivity contribution in [1.29, 1.82) is 0 Å². The number of carbonyl (C=O) groups excluding carboxylic acids is 1. The fraction of sp³-hybridized carbons (Fsp3) is 0.536. The van der Waals surface area contributed by atoms with Crippen LogP contribution in [0.25, 0.3) is 22.6 Å². The van der Waals surface area contributed by atoms with Gasteiger partial charge in [-0.05, 0) is 69.6 Å². The number of nitrogens with one attached hydrogen (secondary N) is 3. The summed E-state index contributed by atoms with van der Waals surface area (Å²) in [5.41, 5.74) is 3.17. The minimum absolute atomic E-state index is 0.0169. The standard InChI is InChI=1S/C28H37ClN6O2/c1-35-15-12-21(13-16-35)32-25-23(29)17-31-28-26(25)33-27(34-28)20-7-9-22(10-8-20)37-18-24(36)30-14-11-19-5-3-2-4-6-19/h7-10,17,19,21H,2-6,11-16,18H2,1H3,(H,30,36)(H2,31,32,33,34). The number of fused-ring (bicyclic) bond motifs is 1. The number of imidazole rings is 1. The van der Waals surface area contributed by atoms with Crippen LogP contribution < -0.4 is 15.4 Å². The van der Waals surface area contributed by atoms with E-state index >= 15 is 0 Å². The molecule has 0 radical (unpaired) electrons. The van der Waals surface area contributed by atoms with Crippen molar-refractivity contribution in [3.05, 3.63) is 35.5 Å². The summed E-state index contributed by atoms with van der Waals surface area (Å²) in [7, 11) is 2.15. The minimum Gasteiger partial charge on any atom is -0.484 e. The summed E-state index contributed by atoms with van der Waals surface area (Å²) < 4.78 is 5.70. The number of piperidine rings is 1. The molecule has 0 bridgehead atoms. The minimum atomic E-state index is -0.0789. The molecular weight excluding hydrogens is 488 g/mol. The van der Waals surface area contributed by atoms with Crippen LogP contribution in [0.2, 0.25) is 5.02 Å². The van der Waals surface area contributed by atoms with Crippen LogP contribution in [0.4, 0.5) is 5.69 Å². The number of anilines is 1. The van der Waals surface area contributed by atoms with Crippen molar-refractivity contribution in [2.45, 2.75) is 57.4 Å². The first-order valence-corrected chi connectivity index (χ1v) is 13.9. The van der Waals surface area contributed by atoms with Gasteiger partial charge in [-0.2, -0.15) is 0 Å². The molecule has 8 nitrogen and oxygen atoms in total. The monoisotopic (exact) mass is 524 g/mol. The number of pyridine rings is 1. The number of halogens is 1. The molecule has 0 atom stereocenters. The summed E-state index contributed by atoms with van der Waals surface area (Å²) in [5, 5.41) is 7.17. The smallest absolute Gasteiger partial charge is 0.257 e. The zero-order valence-corrected chi connectivity index (χ0v) is 22.3. The molecule has 3 heterocycles. The van der Waals surface area contributed by atoms with E-state index in [1.54, 1.807) is 6.20 Å². The number of benzene rings is 1. The van der Waals surface area contributed by atoms with Gasteiger partial charge < -0.3 is 25.3 Å². The highest BCUT2D eigenvalue weighted by Crippen LogP contribution is 2.32. The zero-order valence-electron chi connectivity index (χ0n) is 21.6. The maximum Gasteiger partial charge on any atom is 0.257 e. The van der Waals surface area contributed by atoms with Crippen LogP contribution >= 0.6 is 11.6 Å². The van der Waals surface area contributed by atoms with Crippen LogP contribution in [0, 0.1) is 5.92 Å². The van der Waals surface area contributed by atoms with E-state index in [-0.39, 0.29) is 12.5 Å². The average molecular weight is 525 g/mol. The first kappa shape index (κ1) is 25.8. The van der Waals surface area contributed by atoms with E-state index in [2.05, 4.69) is 32.5 Å². The molecule has 1 amide bonds. The summed E-state index contributed by atoms with van der Waals surface area (Å²) >= 11 is 6.52. The second-order valence-corrected chi connectivity index (χ2v) is 10.8.